The summed E-state index contributed by atoms with van der Waals surface area (Å²) in [6.07, 6.45) is 23.0. The van der Waals surface area contributed by atoms with Crippen LogP contribution in [0.2, 0.25) is 0 Å². The Morgan fingerprint density at radius 1 is 0.694 bits per heavy atom. The number of carbonyl (C=O) groups is 1. The quantitative estimate of drug-likeness (QED) is 0.0752. The first-order chi connectivity index (χ1) is 17.8. The first-order valence-corrected chi connectivity index (χ1v) is 14.4. The summed E-state index contributed by atoms with van der Waals surface area (Å²) in [5, 5.41) is 0. The second-order valence-electron chi connectivity index (χ2n) is 9.79. The molecule has 0 spiro atoms. The van der Waals surface area contributed by atoms with Gasteiger partial charge in [-0.15, -0.1) is 0 Å². The second kappa shape index (κ2) is 19.6. The summed E-state index contributed by atoms with van der Waals surface area (Å²) >= 11 is 0. The predicted molar refractivity (Wildman–Crippen MR) is 152 cm³/mol. The van der Waals surface area contributed by atoms with Gasteiger partial charge in [0.1, 0.15) is 23.7 Å². The third kappa shape index (κ3) is 12.4. The lowest BCUT2D eigenvalue weighted by Gasteiger charge is -2.12. The van der Waals surface area contributed by atoms with E-state index in [1.807, 2.05) is 30.3 Å². The predicted octanol–water partition coefficient (Wildman–Crippen LogP) is 9.88. The molecule has 0 amide bonds. The van der Waals surface area contributed by atoms with Crippen molar-refractivity contribution in [3.63, 3.8) is 0 Å². The van der Waals surface area contributed by atoms with E-state index in [2.05, 4.69) is 19.6 Å². The van der Waals surface area contributed by atoms with Crippen LogP contribution in [0.1, 0.15) is 119 Å². The van der Waals surface area contributed by atoms with Gasteiger partial charge in [-0.1, -0.05) is 140 Å². The molecule has 2 aromatic carbocycles. The molecule has 0 aliphatic rings. The highest BCUT2D eigenvalue weighted by atomic mass is 16.5. The maximum Gasteiger partial charge on any atom is 0.347 e. The molecule has 0 bridgehead atoms. The highest BCUT2D eigenvalue weighted by Gasteiger charge is 2.16. The molecule has 3 heteroatoms. The lowest BCUT2D eigenvalue weighted by molar-refractivity contribution is 0.0729. The average molecular weight is 493 g/mol. The Morgan fingerprint density at radius 2 is 1.19 bits per heavy atom. The summed E-state index contributed by atoms with van der Waals surface area (Å²) in [6.45, 7) is 6.30. The number of aryl methyl sites for hydroxylation is 1. The average Bonchev–Trinajstić information content (AvgIpc) is 2.90. The van der Waals surface area contributed by atoms with E-state index in [-0.39, 0.29) is 0 Å². The molecular formula is C33H48O3. The molecule has 0 aliphatic carbocycles. The van der Waals surface area contributed by atoms with Gasteiger partial charge in [0.05, 0.1) is 0 Å². The molecule has 0 heterocycles. The van der Waals surface area contributed by atoms with E-state index in [0.29, 0.717) is 23.7 Å². The first kappa shape index (κ1) is 29.7. The highest BCUT2D eigenvalue weighted by Crippen LogP contribution is 2.25. The van der Waals surface area contributed by atoms with Crippen LogP contribution in [-0.4, -0.2) is 12.6 Å². The number of benzene rings is 2. The van der Waals surface area contributed by atoms with E-state index in [1.165, 1.54) is 89.9 Å². The van der Waals surface area contributed by atoms with Crippen molar-refractivity contribution in [3.05, 3.63) is 72.3 Å². The van der Waals surface area contributed by atoms with Crippen LogP contribution in [0.15, 0.2) is 61.2 Å². The van der Waals surface area contributed by atoms with Crippen molar-refractivity contribution < 1.29 is 14.3 Å². The Morgan fingerprint density at radius 3 is 1.78 bits per heavy atom. The van der Waals surface area contributed by atoms with Gasteiger partial charge in [0.2, 0.25) is 0 Å². The Balaban J connectivity index is 1.60. The van der Waals surface area contributed by atoms with Crippen LogP contribution in [-0.2, 0) is 6.42 Å². The fraction of sp³-hybridized carbons (Fsp3) is 0.545. The lowest BCUT2D eigenvalue weighted by Crippen LogP contribution is -2.12. The van der Waals surface area contributed by atoms with E-state index in [4.69, 9.17) is 9.47 Å². The summed E-state index contributed by atoms with van der Waals surface area (Å²) < 4.78 is 11.4. The molecule has 0 radical (unpaired) electrons. The summed E-state index contributed by atoms with van der Waals surface area (Å²) in [7, 11) is 0. The van der Waals surface area contributed by atoms with Crippen molar-refractivity contribution in [1.82, 2.24) is 0 Å². The lowest BCUT2D eigenvalue weighted by atomic mass is 10.0. The maximum atomic E-state index is 12.8. The second-order valence-corrected chi connectivity index (χ2v) is 9.79. The third-order valence-corrected chi connectivity index (χ3v) is 6.69. The zero-order chi connectivity index (χ0) is 25.7. The van der Waals surface area contributed by atoms with Gasteiger partial charge in [-0.25, -0.2) is 4.79 Å². The number of ether oxygens (including phenoxy) is 2. The van der Waals surface area contributed by atoms with Crippen LogP contribution in [0.5, 0.6) is 11.5 Å². The number of hydrogen-bond acceptors (Lipinski definition) is 3. The van der Waals surface area contributed by atoms with Gasteiger partial charge in [-0.05, 0) is 36.6 Å². The minimum Gasteiger partial charge on any atom is -0.489 e. The molecule has 0 atom stereocenters. The van der Waals surface area contributed by atoms with Crippen molar-refractivity contribution >= 4 is 5.97 Å². The Bertz CT molecular complexity index is 858. The number of carbonyl (C=O) groups excluding carboxylic acids is 1. The molecular weight excluding hydrogens is 444 g/mol. The molecule has 198 valence electrons. The fourth-order valence-corrected chi connectivity index (χ4v) is 4.56. The molecule has 2 aromatic rings. The topological polar surface area (TPSA) is 35.5 Å². The van der Waals surface area contributed by atoms with E-state index in [9.17, 15) is 4.79 Å². The molecule has 0 N–H and O–H groups in total. The fourth-order valence-electron chi connectivity index (χ4n) is 4.56. The normalized spacial score (nSPS) is 10.8. The molecule has 0 aromatic heterocycles. The first-order valence-electron chi connectivity index (χ1n) is 14.4. The van der Waals surface area contributed by atoms with Crippen molar-refractivity contribution in [1.29, 1.82) is 0 Å². The van der Waals surface area contributed by atoms with E-state index in [0.717, 1.165) is 18.4 Å². The van der Waals surface area contributed by atoms with Crippen molar-refractivity contribution in [2.75, 3.05) is 6.61 Å². The van der Waals surface area contributed by atoms with Crippen LogP contribution in [0.25, 0.3) is 0 Å². The Hall–Kier alpha value is -2.55. The molecule has 0 fully saturated rings. The van der Waals surface area contributed by atoms with Crippen LogP contribution in [0.4, 0.5) is 0 Å². The minimum absolute atomic E-state index is 0.347. The zero-order valence-electron chi connectivity index (χ0n) is 22.6. The van der Waals surface area contributed by atoms with Gasteiger partial charge in [0, 0.05) is 0 Å². The van der Waals surface area contributed by atoms with Crippen LogP contribution < -0.4 is 9.47 Å². The molecule has 3 nitrogen and oxygen atoms in total. The smallest absolute Gasteiger partial charge is 0.347 e. The van der Waals surface area contributed by atoms with Crippen molar-refractivity contribution in [2.24, 2.45) is 0 Å². The summed E-state index contributed by atoms with van der Waals surface area (Å²) in [5.41, 5.74) is 1.52. The standard InChI is InChI=1S/C33H48O3/c1-3-5-6-7-8-9-10-11-12-13-14-15-16-17-18-23-29-24-19-21-26-31(29)36-33(34)30-25-20-22-27-32(30)35-28-4-2/h4,19-22,24-27H,2-3,5-18,23,28H2,1H3. The van der Waals surface area contributed by atoms with E-state index >= 15 is 0 Å². The SMILES string of the molecule is C=CCOc1ccccc1C(=O)Oc1ccccc1CCCCCCCCCCCCCCCCC. The van der Waals surface area contributed by atoms with Crippen LogP contribution in [0, 0.1) is 0 Å². The van der Waals surface area contributed by atoms with Gasteiger partial charge in [0.15, 0.2) is 0 Å². The largest absolute Gasteiger partial charge is 0.489 e. The van der Waals surface area contributed by atoms with Crippen LogP contribution >= 0.6 is 0 Å². The molecule has 2 rings (SSSR count). The zero-order valence-corrected chi connectivity index (χ0v) is 22.6. The van der Waals surface area contributed by atoms with Gasteiger partial charge < -0.3 is 9.47 Å². The monoisotopic (exact) mass is 492 g/mol. The minimum atomic E-state index is -0.390. The number of para-hydroxylation sites is 2. The number of rotatable bonds is 21. The third-order valence-electron chi connectivity index (χ3n) is 6.69. The van der Waals surface area contributed by atoms with E-state index < -0.39 is 5.97 Å². The molecule has 0 unspecified atom stereocenters. The Labute approximate surface area is 220 Å². The molecule has 36 heavy (non-hydrogen) atoms. The summed E-state index contributed by atoms with van der Waals surface area (Å²) in [6, 6.07) is 15.0. The molecule has 0 saturated heterocycles. The maximum absolute atomic E-state index is 12.8. The summed E-state index contributed by atoms with van der Waals surface area (Å²) in [5.74, 6) is 0.771. The van der Waals surface area contributed by atoms with E-state index in [1.54, 1.807) is 18.2 Å². The molecule has 0 aliphatic heterocycles. The number of esters is 1. The summed E-state index contributed by atoms with van der Waals surface area (Å²) in [4.78, 5) is 12.8. The van der Waals surface area contributed by atoms with Gasteiger partial charge in [-0.2, -0.15) is 0 Å². The van der Waals surface area contributed by atoms with Crippen molar-refractivity contribution in [3.8, 4) is 11.5 Å². The molecule has 0 saturated carbocycles. The van der Waals surface area contributed by atoms with Crippen LogP contribution in [0.3, 0.4) is 0 Å². The number of unbranched alkanes of at least 4 members (excludes halogenated alkanes) is 14. The Kier molecular flexibility index (Phi) is 16.2. The van der Waals surface area contributed by atoms with Gasteiger partial charge >= 0.3 is 5.97 Å². The van der Waals surface area contributed by atoms with Gasteiger partial charge in [-0.3, -0.25) is 0 Å². The van der Waals surface area contributed by atoms with Crippen molar-refractivity contribution in [2.45, 2.75) is 110 Å². The van der Waals surface area contributed by atoms with Gasteiger partial charge in [0.25, 0.3) is 0 Å². The number of hydrogen-bond donors (Lipinski definition) is 0. The highest BCUT2D eigenvalue weighted by molar-refractivity contribution is 5.94.